The van der Waals surface area contributed by atoms with Gasteiger partial charge in [0.2, 0.25) is 5.95 Å². The first kappa shape index (κ1) is 12.4. The van der Waals surface area contributed by atoms with Gasteiger partial charge >= 0.3 is 0 Å². The van der Waals surface area contributed by atoms with Crippen molar-refractivity contribution in [2.45, 2.75) is 19.9 Å². The molecule has 20 heavy (non-hydrogen) atoms. The lowest BCUT2D eigenvalue weighted by atomic mass is 10.0. The Labute approximate surface area is 115 Å². The standard InChI is InChI=1S/C14H15N5O/c1-8-5-3-4-6-10(8)9(2)16-14-17-12-11(7-15-19-12)13(20)18-14/h3-7,9H,1-2H3,(H3,15,16,17,18,19,20). The van der Waals surface area contributed by atoms with Gasteiger partial charge in [0, 0.05) is 0 Å². The molecule has 6 heteroatoms. The van der Waals surface area contributed by atoms with Gasteiger partial charge in [0.15, 0.2) is 5.65 Å². The lowest BCUT2D eigenvalue weighted by Crippen LogP contribution is -2.15. The number of anilines is 1. The van der Waals surface area contributed by atoms with Gasteiger partial charge in [0.25, 0.3) is 5.56 Å². The third-order valence-electron chi connectivity index (χ3n) is 3.33. The zero-order chi connectivity index (χ0) is 14.1. The Morgan fingerprint density at radius 1 is 1.30 bits per heavy atom. The summed E-state index contributed by atoms with van der Waals surface area (Å²) in [6.45, 7) is 4.08. The highest BCUT2D eigenvalue weighted by Crippen LogP contribution is 2.20. The topological polar surface area (TPSA) is 86.5 Å². The molecule has 0 saturated heterocycles. The molecule has 1 aromatic carbocycles. The summed E-state index contributed by atoms with van der Waals surface area (Å²) < 4.78 is 0. The van der Waals surface area contributed by atoms with E-state index in [-0.39, 0.29) is 11.6 Å². The fraction of sp³-hybridized carbons (Fsp3) is 0.214. The maximum absolute atomic E-state index is 11.9. The molecule has 0 radical (unpaired) electrons. The fourth-order valence-corrected chi connectivity index (χ4v) is 2.27. The highest BCUT2D eigenvalue weighted by Gasteiger charge is 2.11. The van der Waals surface area contributed by atoms with Crippen molar-refractivity contribution in [1.82, 2.24) is 20.2 Å². The third kappa shape index (κ3) is 2.16. The van der Waals surface area contributed by atoms with Crippen LogP contribution in [-0.4, -0.2) is 20.2 Å². The monoisotopic (exact) mass is 269 g/mol. The molecule has 2 aromatic heterocycles. The smallest absolute Gasteiger partial charge is 0.263 e. The molecule has 1 unspecified atom stereocenters. The van der Waals surface area contributed by atoms with Crippen molar-refractivity contribution in [3.63, 3.8) is 0 Å². The Balaban J connectivity index is 1.93. The van der Waals surface area contributed by atoms with Crippen molar-refractivity contribution in [3.05, 3.63) is 51.9 Å². The van der Waals surface area contributed by atoms with E-state index in [9.17, 15) is 4.79 Å². The predicted octanol–water partition coefficient (Wildman–Crippen LogP) is 2.13. The van der Waals surface area contributed by atoms with Crippen LogP contribution in [0.2, 0.25) is 0 Å². The quantitative estimate of drug-likeness (QED) is 0.679. The van der Waals surface area contributed by atoms with E-state index in [2.05, 4.69) is 44.5 Å². The Hall–Kier alpha value is -2.63. The molecule has 2 heterocycles. The van der Waals surface area contributed by atoms with Crippen molar-refractivity contribution in [2.75, 3.05) is 5.32 Å². The zero-order valence-corrected chi connectivity index (χ0v) is 11.3. The molecule has 0 aliphatic heterocycles. The molecule has 0 fully saturated rings. The molecule has 0 aliphatic rings. The van der Waals surface area contributed by atoms with Crippen LogP contribution in [-0.2, 0) is 0 Å². The molecule has 0 amide bonds. The van der Waals surface area contributed by atoms with E-state index in [1.165, 1.54) is 17.3 Å². The second-order valence-electron chi connectivity index (χ2n) is 4.77. The van der Waals surface area contributed by atoms with E-state index in [1.54, 1.807) is 0 Å². The van der Waals surface area contributed by atoms with Gasteiger partial charge in [-0.25, -0.2) is 0 Å². The van der Waals surface area contributed by atoms with Crippen LogP contribution in [0.25, 0.3) is 11.0 Å². The van der Waals surface area contributed by atoms with E-state index in [0.29, 0.717) is 17.0 Å². The van der Waals surface area contributed by atoms with E-state index in [4.69, 9.17) is 0 Å². The normalized spacial score (nSPS) is 12.5. The molecule has 3 aromatic rings. The Bertz CT molecular complexity index is 804. The van der Waals surface area contributed by atoms with Gasteiger partial charge < -0.3 is 5.32 Å². The highest BCUT2D eigenvalue weighted by molar-refractivity contribution is 5.73. The van der Waals surface area contributed by atoms with Crippen LogP contribution < -0.4 is 10.9 Å². The summed E-state index contributed by atoms with van der Waals surface area (Å²) in [5.74, 6) is 0.433. The summed E-state index contributed by atoms with van der Waals surface area (Å²) in [5, 5.41) is 10.2. The Morgan fingerprint density at radius 2 is 2.10 bits per heavy atom. The lowest BCUT2D eigenvalue weighted by molar-refractivity contribution is 0.851. The average Bonchev–Trinajstić information content (AvgIpc) is 2.88. The first-order valence-corrected chi connectivity index (χ1v) is 6.40. The number of aromatic amines is 2. The maximum atomic E-state index is 11.9. The number of aryl methyl sites for hydroxylation is 1. The highest BCUT2D eigenvalue weighted by atomic mass is 16.1. The average molecular weight is 269 g/mol. The maximum Gasteiger partial charge on any atom is 0.263 e. The van der Waals surface area contributed by atoms with Gasteiger partial charge in [-0.1, -0.05) is 24.3 Å². The number of aromatic nitrogens is 4. The molecule has 0 saturated carbocycles. The molecule has 6 nitrogen and oxygen atoms in total. The second kappa shape index (κ2) is 4.80. The molecular weight excluding hydrogens is 254 g/mol. The summed E-state index contributed by atoms with van der Waals surface area (Å²) in [6.07, 6.45) is 1.47. The van der Waals surface area contributed by atoms with Crippen LogP contribution in [0.1, 0.15) is 24.1 Å². The van der Waals surface area contributed by atoms with Crippen molar-refractivity contribution in [1.29, 1.82) is 0 Å². The number of fused-ring (bicyclic) bond motifs is 1. The van der Waals surface area contributed by atoms with Gasteiger partial charge in [0.05, 0.1) is 12.2 Å². The first-order chi connectivity index (χ1) is 9.65. The van der Waals surface area contributed by atoms with Crippen LogP contribution in [0.3, 0.4) is 0 Å². The number of nitrogens with one attached hydrogen (secondary N) is 3. The number of benzene rings is 1. The SMILES string of the molecule is Cc1ccccc1C(C)Nc1nc2[nH]ncc2c(=O)[nH]1. The van der Waals surface area contributed by atoms with Crippen LogP contribution in [0.4, 0.5) is 5.95 Å². The van der Waals surface area contributed by atoms with Crippen LogP contribution in [0.15, 0.2) is 35.3 Å². The van der Waals surface area contributed by atoms with Crippen molar-refractivity contribution < 1.29 is 0 Å². The summed E-state index contributed by atoms with van der Waals surface area (Å²) in [4.78, 5) is 18.9. The molecular formula is C14H15N5O. The number of nitrogens with zero attached hydrogens (tertiary/aromatic N) is 2. The van der Waals surface area contributed by atoms with Gasteiger partial charge in [-0.15, -0.1) is 0 Å². The number of hydrogen-bond acceptors (Lipinski definition) is 4. The number of rotatable bonds is 3. The number of hydrogen-bond donors (Lipinski definition) is 3. The summed E-state index contributed by atoms with van der Waals surface area (Å²) in [6, 6.07) is 8.15. The van der Waals surface area contributed by atoms with Gasteiger partial charge in [-0.05, 0) is 25.0 Å². The fourth-order valence-electron chi connectivity index (χ4n) is 2.27. The van der Waals surface area contributed by atoms with Gasteiger partial charge in [-0.2, -0.15) is 10.1 Å². The van der Waals surface area contributed by atoms with Gasteiger partial charge in [-0.3, -0.25) is 14.9 Å². The van der Waals surface area contributed by atoms with Crippen LogP contribution in [0, 0.1) is 6.92 Å². The van der Waals surface area contributed by atoms with Crippen LogP contribution in [0.5, 0.6) is 0 Å². The lowest BCUT2D eigenvalue weighted by Gasteiger charge is -2.16. The largest absolute Gasteiger partial charge is 0.349 e. The Morgan fingerprint density at radius 3 is 2.90 bits per heavy atom. The Kier molecular flexibility index (Phi) is 2.98. The van der Waals surface area contributed by atoms with E-state index < -0.39 is 0 Å². The minimum absolute atomic E-state index is 0.0414. The minimum atomic E-state index is -0.205. The molecule has 0 spiro atoms. The first-order valence-electron chi connectivity index (χ1n) is 6.40. The van der Waals surface area contributed by atoms with Gasteiger partial charge in [0.1, 0.15) is 5.39 Å². The summed E-state index contributed by atoms with van der Waals surface area (Å²) in [7, 11) is 0. The molecule has 0 aliphatic carbocycles. The van der Waals surface area contributed by atoms with E-state index in [1.807, 2.05) is 19.1 Å². The van der Waals surface area contributed by atoms with Crippen LogP contribution >= 0.6 is 0 Å². The van der Waals surface area contributed by atoms with E-state index in [0.717, 1.165) is 0 Å². The molecule has 102 valence electrons. The zero-order valence-electron chi connectivity index (χ0n) is 11.3. The second-order valence-corrected chi connectivity index (χ2v) is 4.77. The molecule has 0 bridgehead atoms. The van der Waals surface area contributed by atoms with Crippen molar-refractivity contribution in [2.24, 2.45) is 0 Å². The summed E-state index contributed by atoms with van der Waals surface area (Å²) in [5.41, 5.74) is 2.63. The predicted molar refractivity (Wildman–Crippen MR) is 77.7 cm³/mol. The molecule has 3 N–H and O–H groups in total. The number of H-pyrrole nitrogens is 2. The summed E-state index contributed by atoms with van der Waals surface area (Å²) >= 11 is 0. The minimum Gasteiger partial charge on any atom is -0.349 e. The van der Waals surface area contributed by atoms with Crippen molar-refractivity contribution >= 4 is 17.0 Å². The molecule has 3 rings (SSSR count). The van der Waals surface area contributed by atoms with E-state index >= 15 is 0 Å². The van der Waals surface area contributed by atoms with Crippen molar-refractivity contribution in [3.8, 4) is 0 Å². The molecule has 1 atom stereocenters. The third-order valence-corrected chi connectivity index (χ3v) is 3.33.